The van der Waals surface area contributed by atoms with Crippen LogP contribution in [0.25, 0.3) is 11.0 Å². The largest absolute Gasteiger partial charge is 0.394 e. The number of anilines is 1. The van der Waals surface area contributed by atoms with Gasteiger partial charge in [0.2, 0.25) is 0 Å². The number of aromatic nitrogens is 3. The van der Waals surface area contributed by atoms with Crippen LogP contribution in [0.4, 0.5) is 5.82 Å². The van der Waals surface area contributed by atoms with Crippen LogP contribution in [0.15, 0.2) is 18.6 Å². The summed E-state index contributed by atoms with van der Waals surface area (Å²) in [6.45, 7) is 3.57. The summed E-state index contributed by atoms with van der Waals surface area (Å²) < 4.78 is 19.6. The van der Waals surface area contributed by atoms with Gasteiger partial charge in [0.05, 0.1) is 12.0 Å². The van der Waals surface area contributed by atoms with E-state index in [0.29, 0.717) is 11.5 Å². The number of ether oxygens (including phenoxy) is 3. The highest BCUT2D eigenvalue weighted by Gasteiger charge is 2.55. The second kappa shape index (κ2) is 4.63. The van der Waals surface area contributed by atoms with E-state index in [-0.39, 0.29) is 18.8 Å². The maximum Gasteiger partial charge on any atom is 0.164 e. The van der Waals surface area contributed by atoms with Crippen LogP contribution in [-0.4, -0.2) is 50.3 Å². The molecule has 0 aromatic carbocycles. The maximum absolute atomic E-state index is 9.54. The van der Waals surface area contributed by atoms with Crippen molar-refractivity contribution >= 4 is 16.9 Å². The zero-order valence-electron chi connectivity index (χ0n) is 12.3. The van der Waals surface area contributed by atoms with Crippen LogP contribution < -0.4 is 5.73 Å². The summed E-state index contributed by atoms with van der Waals surface area (Å²) in [5.41, 5.74) is 6.54. The minimum absolute atomic E-state index is 0.132. The Kier molecular flexibility index (Phi) is 2.92. The lowest BCUT2D eigenvalue weighted by Gasteiger charge is -2.24. The zero-order chi connectivity index (χ0) is 15.5. The molecular formula is C14H18N4O4. The van der Waals surface area contributed by atoms with Gasteiger partial charge < -0.3 is 29.6 Å². The average molecular weight is 306 g/mol. The van der Waals surface area contributed by atoms with Crippen molar-refractivity contribution in [2.24, 2.45) is 0 Å². The Hall–Kier alpha value is -1.74. The zero-order valence-corrected chi connectivity index (χ0v) is 12.3. The summed E-state index contributed by atoms with van der Waals surface area (Å²) in [5, 5.41) is 10.3. The summed E-state index contributed by atoms with van der Waals surface area (Å²) in [5.74, 6) is -0.289. The van der Waals surface area contributed by atoms with E-state index in [9.17, 15) is 5.11 Å². The number of nitrogens with two attached hydrogens (primary N) is 1. The highest BCUT2D eigenvalue weighted by molar-refractivity contribution is 5.86. The van der Waals surface area contributed by atoms with Gasteiger partial charge in [0.15, 0.2) is 12.0 Å². The Morgan fingerprint density at radius 3 is 2.86 bits per heavy atom. The van der Waals surface area contributed by atoms with Crippen LogP contribution in [0, 0.1) is 0 Å². The molecule has 118 valence electrons. The fourth-order valence-electron chi connectivity index (χ4n) is 3.23. The summed E-state index contributed by atoms with van der Waals surface area (Å²) in [6, 6.07) is 1.84. The molecule has 0 spiro atoms. The molecule has 4 atom stereocenters. The van der Waals surface area contributed by atoms with Gasteiger partial charge in [0, 0.05) is 6.20 Å². The summed E-state index contributed by atoms with van der Waals surface area (Å²) >= 11 is 0. The lowest BCUT2D eigenvalue weighted by atomic mass is 10.1. The average Bonchev–Trinajstić information content (AvgIpc) is 3.10. The van der Waals surface area contributed by atoms with Crippen molar-refractivity contribution in [2.75, 3.05) is 12.3 Å². The lowest BCUT2D eigenvalue weighted by molar-refractivity contribution is -0.199. The normalized spacial score (nSPS) is 33.4. The first kappa shape index (κ1) is 13.9. The van der Waals surface area contributed by atoms with E-state index in [4.69, 9.17) is 19.9 Å². The molecule has 0 saturated carbocycles. The van der Waals surface area contributed by atoms with Crippen LogP contribution >= 0.6 is 0 Å². The van der Waals surface area contributed by atoms with Crippen LogP contribution in [0.2, 0.25) is 0 Å². The first-order valence-electron chi connectivity index (χ1n) is 7.19. The molecule has 8 nitrogen and oxygen atoms in total. The maximum atomic E-state index is 9.54. The number of nitrogen functional groups attached to an aromatic ring is 1. The van der Waals surface area contributed by atoms with Gasteiger partial charge in [-0.15, -0.1) is 0 Å². The molecule has 2 aliphatic heterocycles. The number of hydrogen-bond donors (Lipinski definition) is 2. The summed E-state index contributed by atoms with van der Waals surface area (Å²) in [7, 11) is 0. The van der Waals surface area contributed by atoms with Gasteiger partial charge in [-0.1, -0.05) is 0 Å². The molecule has 2 aromatic rings. The van der Waals surface area contributed by atoms with E-state index in [1.807, 2.05) is 30.7 Å². The van der Waals surface area contributed by atoms with Crippen molar-refractivity contribution < 1.29 is 19.3 Å². The van der Waals surface area contributed by atoms with Gasteiger partial charge in [0.25, 0.3) is 0 Å². The molecule has 3 N–H and O–H groups in total. The van der Waals surface area contributed by atoms with Crippen molar-refractivity contribution in [3.05, 3.63) is 18.6 Å². The number of rotatable bonds is 2. The van der Waals surface area contributed by atoms with Gasteiger partial charge in [0.1, 0.15) is 36.1 Å². The molecular weight excluding hydrogens is 288 g/mol. The van der Waals surface area contributed by atoms with E-state index >= 15 is 0 Å². The molecule has 0 bridgehead atoms. The number of aliphatic hydroxyl groups is 1. The van der Waals surface area contributed by atoms with Crippen molar-refractivity contribution in [1.82, 2.24) is 14.5 Å². The fourth-order valence-corrected chi connectivity index (χ4v) is 3.23. The molecule has 1 unspecified atom stereocenters. The first-order chi connectivity index (χ1) is 10.5. The predicted molar refractivity (Wildman–Crippen MR) is 76.8 cm³/mol. The first-order valence-corrected chi connectivity index (χ1v) is 7.19. The van der Waals surface area contributed by atoms with Crippen molar-refractivity contribution in [2.45, 2.75) is 44.2 Å². The van der Waals surface area contributed by atoms with E-state index in [0.717, 1.165) is 5.39 Å². The third kappa shape index (κ3) is 1.92. The van der Waals surface area contributed by atoms with Crippen molar-refractivity contribution in [3.8, 4) is 0 Å². The van der Waals surface area contributed by atoms with Crippen molar-refractivity contribution in [1.29, 1.82) is 0 Å². The molecule has 4 heterocycles. The van der Waals surface area contributed by atoms with Crippen LogP contribution in [0.3, 0.4) is 0 Å². The third-order valence-electron chi connectivity index (χ3n) is 4.12. The van der Waals surface area contributed by atoms with Gasteiger partial charge >= 0.3 is 0 Å². The Morgan fingerprint density at radius 1 is 1.32 bits per heavy atom. The molecule has 8 heteroatoms. The molecule has 2 aromatic heterocycles. The number of fused-ring (bicyclic) bond motifs is 2. The fraction of sp³-hybridized carbons (Fsp3) is 0.571. The Morgan fingerprint density at radius 2 is 2.09 bits per heavy atom. The van der Waals surface area contributed by atoms with Gasteiger partial charge in [-0.2, -0.15) is 0 Å². The van der Waals surface area contributed by atoms with Crippen LogP contribution in [-0.2, 0) is 14.2 Å². The minimum atomic E-state index is -0.707. The summed E-state index contributed by atoms with van der Waals surface area (Å²) in [4.78, 5) is 8.27. The molecule has 22 heavy (non-hydrogen) atoms. The molecule has 0 radical (unpaired) electrons. The molecule has 0 aliphatic carbocycles. The quantitative estimate of drug-likeness (QED) is 0.828. The Bertz CT molecular complexity index is 716. The molecule has 2 aliphatic rings. The van der Waals surface area contributed by atoms with Gasteiger partial charge in [-0.25, -0.2) is 9.97 Å². The van der Waals surface area contributed by atoms with E-state index < -0.39 is 18.1 Å². The van der Waals surface area contributed by atoms with E-state index in [1.165, 1.54) is 6.33 Å². The summed E-state index contributed by atoms with van der Waals surface area (Å²) in [6.07, 6.45) is 1.75. The lowest BCUT2D eigenvalue weighted by Crippen LogP contribution is -2.31. The smallest absolute Gasteiger partial charge is 0.164 e. The topological polar surface area (TPSA) is 105 Å². The van der Waals surface area contributed by atoms with Crippen molar-refractivity contribution in [3.63, 3.8) is 0 Å². The molecule has 0 amide bonds. The van der Waals surface area contributed by atoms with Gasteiger partial charge in [-0.05, 0) is 19.9 Å². The predicted octanol–water partition coefficient (Wildman–Crippen LogP) is 0.423. The van der Waals surface area contributed by atoms with E-state index in [1.54, 1.807) is 0 Å². The SMILES string of the molecule is CC1(C)OC2[C@@H](O1)[C@@H](CO)O[C@H]2n1ccc2c(N)ncnc21. The Labute approximate surface area is 126 Å². The monoisotopic (exact) mass is 306 g/mol. The second-order valence-corrected chi connectivity index (χ2v) is 6.03. The van der Waals surface area contributed by atoms with Crippen LogP contribution in [0.1, 0.15) is 20.1 Å². The third-order valence-corrected chi connectivity index (χ3v) is 4.12. The second-order valence-electron chi connectivity index (χ2n) is 6.03. The molecule has 2 fully saturated rings. The highest BCUT2D eigenvalue weighted by atomic mass is 16.8. The van der Waals surface area contributed by atoms with Crippen LogP contribution in [0.5, 0.6) is 0 Å². The van der Waals surface area contributed by atoms with Gasteiger partial charge in [-0.3, -0.25) is 0 Å². The molecule has 4 rings (SSSR count). The number of aliphatic hydroxyl groups excluding tert-OH is 1. The molecule has 2 saturated heterocycles. The number of nitrogens with zero attached hydrogens (tertiary/aromatic N) is 3. The minimum Gasteiger partial charge on any atom is -0.394 e. The Balaban J connectivity index is 1.77. The van der Waals surface area contributed by atoms with E-state index in [2.05, 4.69) is 9.97 Å². The number of hydrogen-bond acceptors (Lipinski definition) is 7. The standard InChI is InChI=1S/C14H18N4O4/c1-14(2)21-9-8(5-19)20-13(10(9)22-14)18-4-3-7-11(15)16-6-17-12(7)18/h3-4,6,8-10,13,19H,5H2,1-2H3,(H2,15,16,17)/t8-,9+,10?,13-/m1/s1. The highest BCUT2D eigenvalue weighted by Crippen LogP contribution is 2.43.